The molecule has 1 heterocycles. The van der Waals surface area contributed by atoms with Crippen LogP contribution in [0.1, 0.15) is 0 Å². The van der Waals surface area contributed by atoms with Gasteiger partial charge in [-0.1, -0.05) is 0 Å². The van der Waals surface area contributed by atoms with Gasteiger partial charge in [-0.15, -0.1) is 0 Å². The Labute approximate surface area is 61.8 Å². The van der Waals surface area contributed by atoms with Crippen LogP contribution in [-0.4, -0.2) is 28.0 Å². The van der Waals surface area contributed by atoms with Crippen molar-refractivity contribution >= 4 is 42.8 Å². The van der Waals surface area contributed by atoms with Crippen LogP contribution in [-0.2, 0) is 0 Å². The quantitative estimate of drug-likeness (QED) is 0.393. The Morgan fingerprint density at radius 2 is 1.89 bits per heavy atom. The van der Waals surface area contributed by atoms with E-state index in [4.69, 9.17) is 23.6 Å². The summed E-state index contributed by atoms with van der Waals surface area (Å²) in [6, 6.07) is -0.747. The van der Waals surface area contributed by atoms with Crippen LogP contribution in [0.25, 0.3) is 0 Å². The summed E-state index contributed by atoms with van der Waals surface area (Å²) in [6.07, 6.45) is 0. The molecular formula is C2BCl2N2O2. The first-order chi connectivity index (χ1) is 4.13. The van der Waals surface area contributed by atoms with E-state index in [1.807, 2.05) is 0 Å². The Kier molecular flexibility index (Phi) is 1.55. The molecule has 0 bridgehead atoms. The third-order valence-electron chi connectivity index (χ3n) is 0.768. The highest BCUT2D eigenvalue weighted by atomic mass is 35.5. The average Bonchev–Trinajstić information content (AvgIpc) is 1.98. The number of imide groups is 1. The molecule has 1 rings (SSSR count). The summed E-state index contributed by atoms with van der Waals surface area (Å²) in [5.74, 6) is -0.628. The van der Waals surface area contributed by atoms with Crippen molar-refractivity contribution in [3.05, 3.63) is 0 Å². The number of halogens is 2. The molecule has 0 aromatic rings. The predicted molar refractivity (Wildman–Crippen MR) is 31.9 cm³/mol. The van der Waals surface area contributed by atoms with Gasteiger partial charge in [0.2, 0.25) is 5.81 Å². The minimum absolute atomic E-state index is 0.396. The molecule has 0 atom stereocenters. The summed E-state index contributed by atoms with van der Waals surface area (Å²) in [4.78, 5) is 20.8. The van der Waals surface area contributed by atoms with Crippen LogP contribution < -0.4 is 0 Å². The molecule has 1 saturated heterocycles. The number of nitrogens with zero attached hydrogens (tertiary/aromatic N) is 2. The van der Waals surface area contributed by atoms with E-state index in [1.54, 1.807) is 0 Å². The fraction of sp³-hybridized carbons (Fsp3) is 0. The van der Waals surface area contributed by atoms with E-state index in [0.29, 0.717) is 8.75 Å². The lowest BCUT2D eigenvalue weighted by Crippen LogP contribution is -2.19. The Hall–Kier alpha value is -0.415. The van der Waals surface area contributed by atoms with Crippen molar-refractivity contribution in [2.45, 2.75) is 0 Å². The van der Waals surface area contributed by atoms with E-state index >= 15 is 0 Å². The molecule has 9 heavy (non-hydrogen) atoms. The second-order valence-corrected chi connectivity index (χ2v) is 2.04. The first kappa shape index (κ1) is 6.70. The number of rotatable bonds is 0. The SMILES string of the molecule is O=C1[B]N(Cl)C(=O)N1Cl. The van der Waals surface area contributed by atoms with Crippen molar-refractivity contribution in [1.29, 1.82) is 0 Å². The first-order valence-electron chi connectivity index (χ1n) is 1.96. The van der Waals surface area contributed by atoms with Gasteiger partial charge in [-0.05, 0) is 0 Å². The molecule has 0 saturated carbocycles. The zero-order valence-electron chi connectivity index (χ0n) is 4.04. The molecule has 0 aromatic heterocycles. The molecular weight excluding hydrogens is 166 g/mol. The van der Waals surface area contributed by atoms with Crippen LogP contribution in [0, 0.1) is 0 Å². The summed E-state index contributed by atoms with van der Waals surface area (Å²) in [6.45, 7) is 0. The van der Waals surface area contributed by atoms with Crippen molar-refractivity contribution in [3.63, 3.8) is 0 Å². The van der Waals surface area contributed by atoms with Crippen molar-refractivity contribution in [1.82, 2.24) is 8.75 Å². The maximum absolute atomic E-state index is 10.5. The maximum Gasteiger partial charge on any atom is 0.392 e. The van der Waals surface area contributed by atoms with Crippen LogP contribution in [0.5, 0.6) is 0 Å². The Bertz CT molecular complexity index is 174. The van der Waals surface area contributed by atoms with Gasteiger partial charge in [0.15, 0.2) is 0 Å². The van der Waals surface area contributed by atoms with Crippen molar-refractivity contribution < 1.29 is 9.59 Å². The summed E-state index contributed by atoms with van der Waals surface area (Å²) in [7, 11) is 0.886. The van der Waals surface area contributed by atoms with Crippen LogP contribution in [0.2, 0.25) is 0 Å². The summed E-state index contributed by atoms with van der Waals surface area (Å²) < 4.78 is 0.988. The van der Waals surface area contributed by atoms with Gasteiger partial charge in [-0.2, -0.15) is 4.42 Å². The number of hydrogen-bond acceptors (Lipinski definition) is 2. The lowest BCUT2D eigenvalue weighted by atomic mass is 9.97. The third kappa shape index (κ3) is 0.974. The Morgan fingerprint density at radius 3 is 2.00 bits per heavy atom. The maximum atomic E-state index is 10.5. The summed E-state index contributed by atoms with van der Waals surface area (Å²) >= 11 is 10.2. The predicted octanol–water partition coefficient (Wildman–Crippen LogP) is 0.771. The molecule has 1 fully saturated rings. The monoisotopic (exact) mass is 165 g/mol. The molecule has 3 amide bonds. The highest BCUT2D eigenvalue weighted by molar-refractivity contribution is 6.83. The van der Waals surface area contributed by atoms with E-state index in [9.17, 15) is 9.59 Å². The van der Waals surface area contributed by atoms with E-state index in [1.165, 1.54) is 0 Å². The first-order valence-corrected chi connectivity index (χ1v) is 2.64. The zero-order chi connectivity index (χ0) is 7.02. The number of urea groups is 1. The second kappa shape index (κ2) is 2.08. The Balaban J connectivity index is 2.77. The van der Waals surface area contributed by atoms with Crippen LogP contribution in [0.4, 0.5) is 9.59 Å². The molecule has 1 aliphatic heterocycles. The van der Waals surface area contributed by atoms with Crippen molar-refractivity contribution in [2.24, 2.45) is 0 Å². The third-order valence-corrected chi connectivity index (χ3v) is 1.32. The molecule has 7 heteroatoms. The van der Waals surface area contributed by atoms with Gasteiger partial charge in [0, 0.05) is 23.6 Å². The smallest absolute Gasteiger partial charge is 0.283 e. The second-order valence-electron chi connectivity index (χ2n) is 1.34. The zero-order valence-corrected chi connectivity index (χ0v) is 5.56. The minimum atomic E-state index is -0.747. The molecule has 1 aliphatic rings. The topological polar surface area (TPSA) is 40.6 Å². The number of amides is 3. The lowest BCUT2D eigenvalue weighted by molar-refractivity contribution is 0.222. The highest BCUT2D eigenvalue weighted by Crippen LogP contribution is 2.12. The molecule has 0 spiro atoms. The van der Waals surface area contributed by atoms with Gasteiger partial charge in [-0.25, -0.2) is 4.79 Å². The van der Waals surface area contributed by atoms with E-state index in [0.717, 1.165) is 7.41 Å². The number of hydrogen-bond donors (Lipinski definition) is 0. The molecule has 4 nitrogen and oxygen atoms in total. The number of carbonyl (C=O) groups excluding carboxylic acids is 2. The van der Waals surface area contributed by atoms with Gasteiger partial charge in [-0.3, -0.25) is 9.12 Å². The van der Waals surface area contributed by atoms with Gasteiger partial charge in [0.05, 0.1) is 0 Å². The summed E-state index contributed by atoms with van der Waals surface area (Å²) in [5, 5.41) is 0. The van der Waals surface area contributed by atoms with Crippen molar-refractivity contribution in [2.75, 3.05) is 0 Å². The molecule has 0 aromatic carbocycles. The fourth-order valence-electron chi connectivity index (χ4n) is 0.381. The molecule has 47 valence electrons. The van der Waals surface area contributed by atoms with Gasteiger partial charge >= 0.3 is 13.4 Å². The normalized spacial score (nSPS) is 18.9. The molecule has 0 aliphatic carbocycles. The van der Waals surface area contributed by atoms with Crippen LogP contribution in [0.3, 0.4) is 0 Å². The minimum Gasteiger partial charge on any atom is -0.283 e. The van der Waals surface area contributed by atoms with E-state index in [-0.39, 0.29) is 0 Å². The van der Waals surface area contributed by atoms with Gasteiger partial charge in [0.1, 0.15) is 0 Å². The van der Waals surface area contributed by atoms with E-state index in [2.05, 4.69) is 0 Å². The van der Waals surface area contributed by atoms with Gasteiger partial charge in [0.25, 0.3) is 0 Å². The molecule has 0 N–H and O–H groups in total. The molecule has 1 radical (unpaired) electrons. The fourth-order valence-corrected chi connectivity index (χ4v) is 0.704. The van der Waals surface area contributed by atoms with Crippen LogP contribution in [0.15, 0.2) is 0 Å². The lowest BCUT2D eigenvalue weighted by Gasteiger charge is -2.01. The van der Waals surface area contributed by atoms with Crippen molar-refractivity contribution in [3.8, 4) is 0 Å². The highest BCUT2D eigenvalue weighted by Gasteiger charge is 2.36. The van der Waals surface area contributed by atoms with Crippen LogP contribution >= 0.6 is 23.6 Å². The Morgan fingerprint density at radius 1 is 1.33 bits per heavy atom. The summed E-state index contributed by atoms with van der Waals surface area (Å²) in [5.41, 5.74) is 0. The largest absolute Gasteiger partial charge is 0.392 e. The van der Waals surface area contributed by atoms with Gasteiger partial charge < -0.3 is 0 Å². The molecule has 0 unspecified atom stereocenters. The standard InChI is InChI=1S/C2BCl2N2O2/c4-6-1(8)3-7(5)2(6)9. The average molecular weight is 166 g/mol. The number of carbonyl (C=O) groups is 2. The van der Waals surface area contributed by atoms with E-state index < -0.39 is 11.8 Å².